The van der Waals surface area contributed by atoms with E-state index in [1.165, 1.54) is 5.56 Å². The third-order valence-electron chi connectivity index (χ3n) is 3.05. The summed E-state index contributed by atoms with van der Waals surface area (Å²) in [5, 5.41) is 9.00. The van der Waals surface area contributed by atoms with Crippen molar-refractivity contribution in [1.29, 1.82) is 0 Å². The van der Waals surface area contributed by atoms with Gasteiger partial charge in [0.2, 0.25) is 0 Å². The first-order valence-corrected chi connectivity index (χ1v) is 7.13. The fourth-order valence-corrected chi connectivity index (χ4v) is 1.86. The minimum Gasteiger partial charge on any atom is -0.494 e. The maximum absolute atomic E-state index is 11.5. The highest BCUT2D eigenvalue weighted by Crippen LogP contribution is 2.14. The average molecular weight is 294 g/mol. The van der Waals surface area contributed by atoms with Crippen LogP contribution in [-0.4, -0.2) is 30.3 Å². The molecular weight excluding hydrogens is 272 g/mol. The number of rotatable bonds is 9. The lowest BCUT2D eigenvalue weighted by molar-refractivity contribution is -0.158. The zero-order valence-electron chi connectivity index (χ0n) is 12.5. The summed E-state index contributed by atoms with van der Waals surface area (Å²) < 4.78 is 10.3. The van der Waals surface area contributed by atoms with Crippen LogP contribution in [0.2, 0.25) is 0 Å². The van der Waals surface area contributed by atoms with Gasteiger partial charge in [0.1, 0.15) is 5.75 Å². The monoisotopic (exact) mass is 294 g/mol. The zero-order chi connectivity index (χ0) is 15.7. The number of carbonyl (C=O) groups excluding carboxylic acids is 1. The molecule has 1 atom stereocenters. The lowest BCUT2D eigenvalue weighted by Crippen LogP contribution is -2.26. The second kappa shape index (κ2) is 9.00. The molecule has 1 rings (SSSR count). The molecule has 0 radical (unpaired) electrons. The summed E-state index contributed by atoms with van der Waals surface area (Å²) >= 11 is 0. The summed E-state index contributed by atoms with van der Waals surface area (Å²) in [4.78, 5) is 22.5. The summed E-state index contributed by atoms with van der Waals surface area (Å²) in [6.45, 7) is 4.36. The van der Waals surface area contributed by atoms with Gasteiger partial charge in [0.15, 0.2) is 5.92 Å². The maximum Gasteiger partial charge on any atom is 0.320 e. The minimum absolute atomic E-state index is 0.194. The van der Waals surface area contributed by atoms with Crippen molar-refractivity contribution in [1.82, 2.24) is 0 Å². The van der Waals surface area contributed by atoms with Gasteiger partial charge in [-0.3, -0.25) is 9.59 Å². The number of hydrogen-bond donors (Lipinski definition) is 1. The van der Waals surface area contributed by atoms with Crippen LogP contribution in [0.4, 0.5) is 0 Å². The Hall–Kier alpha value is -2.04. The Morgan fingerprint density at radius 1 is 1.19 bits per heavy atom. The summed E-state index contributed by atoms with van der Waals surface area (Å²) in [6.07, 6.45) is 1.56. The number of carboxylic acids is 1. The van der Waals surface area contributed by atoms with E-state index in [0.717, 1.165) is 5.75 Å². The Kier molecular flexibility index (Phi) is 7.29. The number of esters is 1. The van der Waals surface area contributed by atoms with Gasteiger partial charge in [0, 0.05) is 0 Å². The van der Waals surface area contributed by atoms with Crippen molar-refractivity contribution >= 4 is 11.9 Å². The number of unbranched alkanes of at least 4 members (excludes halogenated alkanes) is 1. The van der Waals surface area contributed by atoms with E-state index in [1.54, 1.807) is 6.92 Å². The molecule has 0 aliphatic heterocycles. The van der Waals surface area contributed by atoms with Crippen LogP contribution >= 0.6 is 0 Å². The van der Waals surface area contributed by atoms with Crippen molar-refractivity contribution in [3.05, 3.63) is 29.8 Å². The van der Waals surface area contributed by atoms with Gasteiger partial charge in [-0.15, -0.1) is 0 Å². The van der Waals surface area contributed by atoms with E-state index in [2.05, 4.69) is 0 Å². The van der Waals surface area contributed by atoms with Gasteiger partial charge in [-0.1, -0.05) is 17.7 Å². The third-order valence-corrected chi connectivity index (χ3v) is 3.05. The highest BCUT2D eigenvalue weighted by atomic mass is 16.5. The molecule has 0 aliphatic rings. The van der Waals surface area contributed by atoms with Crippen molar-refractivity contribution in [2.24, 2.45) is 5.92 Å². The number of carbonyl (C=O) groups is 2. The summed E-state index contributed by atoms with van der Waals surface area (Å²) in [7, 11) is 0. The van der Waals surface area contributed by atoms with Gasteiger partial charge >= 0.3 is 11.9 Å². The van der Waals surface area contributed by atoms with Gasteiger partial charge in [-0.2, -0.15) is 0 Å². The maximum atomic E-state index is 11.5. The zero-order valence-corrected chi connectivity index (χ0v) is 12.5. The van der Waals surface area contributed by atoms with Gasteiger partial charge in [-0.05, 0) is 45.2 Å². The van der Waals surface area contributed by atoms with Gasteiger partial charge in [-0.25, -0.2) is 0 Å². The van der Waals surface area contributed by atoms with E-state index >= 15 is 0 Å². The van der Waals surface area contributed by atoms with E-state index in [1.807, 2.05) is 31.2 Å². The van der Waals surface area contributed by atoms with Crippen LogP contribution in [-0.2, 0) is 14.3 Å². The molecule has 0 bridgehead atoms. The highest BCUT2D eigenvalue weighted by molar-refractivity contribution is 5.93. The Bertz CT molecular complexity index is 452. The molecule has 0 heterocycles. The fourth-order valence-electron chi connectivity index (χ4n) is 1.86. The average Bonchev–Trinajstić information content (AvgIpc) is 2.44. The Labute approximate surface area is 124 Å². The smallest absolute Gasteiger partial charge is 0.320 e. The van der Waals surface area contributed by atoms with Gasteiger partial charge in [0.25, 0.3) is 0 Å². The molecule has 0 aliphatic carbocycles. The van der Waals surface area contributed by atoms with Crippen molar-refractivity contribution in [2.45, 2.75) is 33.1 Å². The van der Waals surface area contributed by atoms with Crippen LogP contribution in [0.1, 0.15) is 31.7 Å². The van der Waals surface area contributed by atoms with Crippen molar-refractivity contribution < 1.29 is 24.2 Å². The number of hydrogen-bond acceptors (Lipinski definition) is 4. The highest BCUT2D eigenvalue weighted by Gasteiger charge is 2.26. The molecule has 0 saturated heterocycles. The predicted octanol–water partition coefficient (Wildman–Crippen LogP) is 2.81. The Morgan fingerprint density at radius 3 is 2.43 bits per heavy atom. The van der Waals surface area contributed by atoms with Gasteiger partial charge < -0.3 is 14.6 Å². The molecule has 0 spiro atoms. The van der Waals surface area contributed by atoms with Crippen molar-refractivity contribution in [2.75, 3.05) is 13.2 Å². The van der Waals surface area contributed by atoms with E-state index < -0.39 is 17.9 Å². The van der Waals surface area contributed by atoms with E-state index in [-0.39, 0.29) is 13.0 Å². The standard InChI is InChI=1S/C16H22O5/c1-3-20-16(19)14(15(17)18)6-4-5-11-21-13-9-7-12(2)8-10-13/h7-10,14H,3-6,11H2,1-2H3,(H,17,18). The van der Waals surface area contributed by atoms with Crippen LogP contribution in [0.15, 0.2) is 24.3 Å². The van der Waals surface area contributed by atoms with E-state index in [0.29, 0.717) is 19.4 Å². The fraction of sp³-hybridized carbons (Fsp3) is 0.500. The normalized spacial score (nSPS) is 11.7. The lowest BCUT2D eigenvalue weighted by atomic mass is 10.0. The summed E-state index contributed by atoms with van der Waals surface area (Å²) in [6, 6.07) is 7.73. The molecule has 5 heteroatoms. The van der Waals surface area contributed by atoms with Crippen LogP contribution in [0.3, 0.4) is 0 Å². The molecule has 1 aromatic carbocycles. The second-order valence-electron chi connectivity index (χ2n) is 4.80. The molecule has 116 valence electrons. The largest absolute Gasteiger partial charge is 0.494 e. The number of ether oxygens (including phenoxy) is 2. The molecule has 0 aromatic heterocycles. The number of aliphatic carboxylic acids is 1. The first-order valence-electron chi connectivity index (χ1n) is 7.13. The summed E-state index contributed by atoms with van der Waals surface area (Å²) in [5.41, 5.74) is 1.17. The van der Waals surface area contributed by atoms with E-state index in [9.17, 15) is 9.59 Å². The topological polar surface area (TPSA) is 72.8 Å². The van der Waals surface area contributed by atoms with Crippen LogP contribution in [0, 0.1) is 12.8 Å². The summed E-state index contributed by atoms with van der Waals surface area (Å²) in [5.74, 6) is -2.08. The molecule has 0 amide bonds. The van der Waals surface area contributed by atoms with Gasteiger partial charge in [0.05, 0.1) is 13.2 Å². The molecule has 1 aromatic rings. The Morgan fingerprint density at radius 2 is 1.86 bits per heavy atom. The Balaban J connectivity index is 2.26. The molecule has 5 nitrogen and oxygen atoms in total. The number of carboxylic acid groups (broad SMARTS) is 1. The van der Waals surface area contributed by atoms with Crippen LogP contribution < -0.4 is 4.74 Å². The second-order valence-corrected chi connectivity index (χ2v) is 4.80. The number of aryl methyl sites for hydroxylation is 1. The SMILES string of the molecule is CCOC(=O)C(CCCCOc1ccc(C)cc1)C(=O)O. The molecular formula is C16H22O5. The first-order chi connectivity index (χ1) is 10.0. The van der Waals surface area contributed by atoms with Crippen molar-refractivity contribution in [3.63, 3.8) is 0 Å². The molecule has 0 fully saturated rings. The van der Waals surface area contributed by atoms with Crippen LogP contribution in [0.25, 0.3) is 0 Å². The molecule has 0 saturated carbocycles. The third kappa shape index (κ3) is 6.29. The van der Waals surface area contributed by atoms with Crippen molar-refractivity contribution in [3.8, 4) is 5.75 Å². The van der Waals surface area contributed by atoms with E-state index in [4.69, 9.17) is 14.6 Å². The first kappa shape index (κ1) is 17.0. The molecule has 21 heavy (non-hydrogen) atoms. The molecule has 1 unspecified atom stereocenters. The quantitative estimate of drug-likeness (QED) is 0.431. The molecule has 1 N–H and O–H groups in total. The lowest BCUT2D eigenvalue weighted by Gasteiger charge is -2.11. The van der Waals surface area contributed by atoms with Crippen LogP contribution in [0.5, 0.6) is 5.75 Å². The predicted molar refractivity (Wildman–Crippen MR) is 78.3 cm³/mol. The number of benzene rings is 1. The minimum atomic E-state index is -1.13.